The van der Waals surface area contributed by atoms with E-state index in [4.69, 9.17) is 0 Å². The fourth-order valence-corrected chi connectivity index (χ4v) is 2.03. The van der Waals surface area contributed by atoms with Crippen molar-refractivity contribution in [1.82, 2.24) is 14.9 Å². The molecule has 0 saturated carbocycles. The van der Waals surface area contributed by atoms with Crippen molar-refractivity contribution in [2.24, 2.45) is 5.92 Å². The number of hydrogen-bond donors (Lipinski definition) is 0. The van der Waals surface area contributed by atoms with Crippen LogP contribution in [0.25, 0.3) is 0 Å². The standard InChI is InChI=1S/C13H18N4O2/c1-10(11(2)18)12(19)16-6-8-17(9-7-16)13-14-4-3-5-15-13/h3-5,10H,6-9H2,1-2H3/t10-/m0/s1. The second-order valence-electron chi connectivity index (χ2n) is 4.69. The third-order valence-electron chi connectivity index (χ3n) is 3.41. The highest BCUT2D eigenvalue weighted by atomic mass is 16.2. The largest absolute Gasteiger partial charge is 0.339 e. The van der Waals surface area contributed by atoms with Gasteiger partial charge in [-0.1, -0.05) is 0 Å². The van der Waals surface area contributed by atoms with Crippen LogP contribution in [0.3, 0.4) is 0 Å². The first-order valence-corrected chi connectivity index (χ1v) is 6.41. The van der Waals surface area contributed by atoms with Gasteiger partial charge in [0.2, 0.25) is 11.9 Å². The first-order chi connectivity index (χ1) is 9.09. The number of carbonyl (C=O) groups is 2. The van der Waals surface area contributed by atoms with Gasteiger partial charge >= 0.3 is 0 Å². The zero-order chi connectivity index (χ0) is 13.8. The number of carbonyl (C=O) groups excluding carboxylic acids is 2. The van der Waals surface area contributed by atoms with Gasteiger partial charge in [-0.15, -0.1) is 0 Å². The minimum Gasteiger partial charge on any atom is -0.339 e. The maximum absolute atomic E-state index is 12.0. The molecule has 2 rings (SSSR count). The van der Waals surface area contributed by atoms with Crippen molar-refractivity contribution in [2.75, 3.05) is 31.1 Å². The first-order valence-electron chi connectivity index (χ1n) is 6.41. The highest BCUT2D eigenvalue weighted by Gasteiger charge is 2.27. The summed E-state index contributed by atoms with van der Waals surface area (Å²) in [6, 6.07) is 1.78. The number of piperazine rings is 1. The molecule has 0 N–H and O–H groups in total. The normalized spacial score (nSPS) is 17.2. The van der Waals surface area contributed by atoms with Crippen molar-refractivity contribution in [3.63, 3.8) is 0 Å². The number of amides is 1. The molecule has 0 radical (unpaired) electrons. The Bertz CT molecular complexity index is 455. The van der Waals surface area contributed by atoms with Crippen molar-refractivity contribution in [3.05, 3.63) is 18.5 Å². The SMILES string of the molecule is CC(=O)[C@H](C)C(=O)N1CCN(c2ncccn2)CC1. The molecule has 0 aromatic carbocycles. The maximum atomic E-state index is 12.0. The summed E-state index contributed by atoms with van der Waals surface area (Å²) < 4.78 is 0. The average molecular weight is 262 g/mol. The molecule has 1 fully saturated rings. The number of hydrogen-bond acceptors (Lipinski definition) is 5. The Hall–Kier alpha value is -1.98. The summed E-state index contributed by atoms with van der Waals surface area (Å²) in [6.07, 6.45) is 3.41. The minimum absolute atomic E-state index is 0.0823. The van der Waals surface area contributed by atoms with E-state index in [-0.39, 0.29) is 11.7 Å². The molecule has 102 valence electrons. The molecule has 1 aliphatic rings. The number of nitrogens with zero attached hydrogens (tertiary/aromatic N) is 4. The number of anilines is 1. The van der Waals surface area contributed by atoms with Gasteiger partial charge in [-0.05, 0) is 19.9 Å². The zero-order valence-electron chi connectivity index (χ0n) is 11.2. The van der Waals surface area contributed by atoms with E-state index in [1.54, 1.807) is 30.3 Å². The lowest BCUT2D eigenvalue weighted by molar-refractivity contribution is -0.140. The van der Waals surface area contributed by atoms with Gasteiger partial charge in [-0.25, -0.2) is 9.97 Å². The van der Waals surface area contributed by atoms with Crippen LogP contribution in [0.1, 0.15) is 13.8 Å². The molecule has 1 aromatic rings. The molecule has 2 heterocycles. The van der Waals surface area contributed by atoms with Crippen LogP contribution >= 0.6 is 0 Å². The van der Waals surface area contributed by atoms with E-state index in [2.05, 4.69) is 9.97 Å². The molecular formula is C13H18N4O2. The molecule has 0 aliphatic carbocycles. The molecule has 0 unspecified atom stereocenters. The third-order valence-corrected chi connectivity index (χ3v) is 3.41. The first kappa shape index (κ1) is 13.5. The number of ketones is 1. The van der Waals surface area contributed by atoms with Crippen LogP contribution in [0.5, 0.6) is 0 Å². The Kier molecular flexibility index (Phi) is 4.09. The molecule has 0 bridgehead atoms. The summed E-state index contributed by atoms with van der Waals surface area (Å²) in [5.74, 6) is -0.0197. The van der Waals surface area contributed by atoms with E-state index in [1.165, 1.54) is 6.92 Å². The van der Waals surface area contributed by atoms with Crippen LogP contribution in [0.2, 0.25) is 0 Å². The molecule has 6 nitrogen and oxygen atoms in total. The monoisotopic (exact) mass is 262 g/mol. The Labute approximate surface area is 112 Å². The van der Waals surface area contributed by atoms with E-state index >= 15 is 0 Å². The van der Waals surface area contributed by atoms with Gasteiger partial charge in [0, 0.05) is 38.6 Å². The number of aromatic nitrogens is 2. The molecule has 1 amide bonds. The fourth-order valence-electron chi connectivity index (χ4n) is 2.03. The highest BCUT2D eigenvalue weighted by Crippen LogP contribution is 2.12. The van der Waals surface area contributed by atoms with Crippen molar-refractivity contribution >= 4 is 17.6 Å². The minimum atomic E-state index is -0.542. The van der Waals surface area contributed by atoms with Gasteiger partial charge in [0.1, 0.15) is 5.78 Å². The van der Waals surface area contributed by atoms with Crippen molar-refractivity contribution < 1.29 is 9.59 Å². The Balaban J connectivity index is 1.93. The summed E-state index contributed by atoms with van der Waals surface area (Å²) in [7, 11) is 0. The predicted octanol–water partition coefficient (Wildman–Crippen LogP) is 0.350. The predicted molar refractivity (Wildman–Crippen MR) is 70.7 cm³/mol. The molecular weight excluding hydrogens is 244 g/mol. The average Bonchev–Trinajstić information content (AvgIpc) is 2.46. The quantitative estimate of drug-likeness (QED) is 0.735. The lowest BCUT2D eigenvalue weighted by Crippen LogP contribution is -2.51. The lowest BCUT2D eigenvalue weighted by atomic mass is 10.1. The Morgan fingerprint density at radius 3 is 2.26 bits per heavy atom. The fraction of sp³-hybridized carbons (Fsp3) is 0.538. The molecule has 1 aromatic heterocycles. The summed E-state index contributed by atoms with van der Waals surface area (Å²) in [4.78, 5) is 35.4. The van der Waals surface area contributed by atoms with Gasteiger partial charge in [-0.2, -0.15) is 0 Å². The van der Waals surface area contributed by atoms with Crippen molar-refractivity contribution in [3.8, 4) is 0 Å². The molecule has 19 heavy (non-hydrogen) atoms. The summed E-state index contributed by atoms with van der Waals surface area (Å²) in [5.41, 5.74) is 0. The third kappa shape index (κ3) is 3.07. The van der Waals surface area contributed by atoms with Gasteiger partial charge in [0.25, 0.3) is 0 Å². The topological polar surface area (TPSA) is 66.4 Å². The van der Waals surface area contributed by atoms with Gasteiger partial charge in [0.15, 0.2) is 0 Å². The highest BCUT2D eigenvalue weighted by molar-refractivity contribution is 5.99. The molecule has 0 spiro atoms. The van der Waals surface area contributed by atoms with E-state index in [1.807, 2.05) is 4.90 Å². The van der Waals surface area contributed by atoms with Crippen LogP contribution < -0.4 is 4.90 Å². The van der Waals surface area contributed by atoms with Crippen LogP contribution in [-0.4, -0.2) is 52.7 Å². The van der Waals surface area contributed by atoms with Crippen molar-refractivity contribution in [1.29, 1.82) is 0 Å². The number of rotatable bonds is 3. The summed E-state index contributed by atoms with van der Waals surface area (Å²) in [5, 5.41) is 0. The molecule has 6 heteroatoms. The second kappa shape index (κ2) is 5.77. The summed E-state index contributed by atoms with van der Waals surface area (Å²) in [6.45, 7) is 5.72. The van der Waals surface area contributed by atoms with Crippen LogP contribution in [-0.2, 0) is 9.59 Å². The molecule has 1 atom stereocenters. The van der Waals surface area contributed by atoms with Crippen molar-refractivity contribution in [2.45, 2.75) is 13.8 Å². The van der Waals surface area contributed by atoms with Crippen LogP contribution in [0.15, 0.2) is 18.5 Å². The van der Waals surface area contributed by atoms with E-state index in [0.29, 0.717) is 32.1 Å². The van der Waals surface area contributed by atoms with Gasteiger partial charge in [0.05, 0.1) is 5.92 Å². The van der Waals surface area contributed by atoms with E-state index < -0.39 is 5.92 Å². The van der Waals surface area contributed by atoms with Crippen LogP contribution in [0, 0.1) is 5.92 Å². The summed E-state index contributed by atoms with van der Waals surface area (Å²) >= 11 is 0. The lowest BCUT2D eigenvalue weighted by Gasteiger charge is -2.35. The molecule has 1 aliphatic heterocycles. The number of Topliss-reactive ketones (excluding diaryl/α,β-unsaturated/α-hetero) is 1. The zero-order valence-corrected chi connectivity index (χ0v) is 11.2. The van der Waals surface area contributed by atoms with E-state index in [9.17, 15) is 9.59 Å². The molecule has 1 saturated heterocycles. The smallest absolute Gasteiger partial charge is 0.232 e. The van der Waals surface area contributed by atoms with Crippen LogP contribution in [0.4, 0.5) is 5.95 Å². The maximum Gasteiger partial charge on any atom is 0.232 e. The Morgan fingerprint density at radius 1 is 1.16 bits per heavy atom. The van der Waals surface area contributed by atoms with Gasteiger partial charge < -0.3 is 9.80 Å². The Morgan fingerprint density at radius 2 is 1.74 bits per heavy atom. The van der Waals surface area contributed by atoms with E-state index in [0.717, 1.165) is 0 Å². The second-order valence-corrected chi connectivity index (χ2v) is 4.69. The van der Waals surface area contributed by atoms with Gasteiger partial charge in [-0.3, -0.25) is 9.59 Å².